The summed E-state index contributed by atoms with van der Waals surface area (Å²) >= 11 is 0. The minimum atomic E-state index is -4.16. The van der Waals surface area contributed by atoms with Crippen molar-refractivity contribution in [3.8, 4) is 18.1 Å². The fraction of sp³-hybridized carbons (Fsp3) is 0.407. The van der Waals surface area contributed by atoms with E-state index in [1.165, 1.54) is 36.5 Å². The molecule has 8 nitrogen and oxygen atoms in total. The molecule has 2 heterocycles. The number of aryl methyl sites for hydroxylation is 1. The fourth-order valence-electron chi connectivity index (χ4n) is 4.54. The van der Waals surface area contributed by atoms with Crippen LogP contribution < -0.4 is 9.04 Å². The smallest absolute Gasteiger partial charge is 0.341 e. The van der Waals surface area contributed by atoms with E-state index in [1.54, 1.807) is 18.2 Å². The number of Topliss-reactive ketones (excluding diaryl/α,β-unsaturated/α-hetero) is 1. The van der Waals surface area contributed by atoms with Gasteiger partial charge in [0.05, 0.1) is 24.3 Å². The molecular formula is C27H29NO7S. The van der Waals surface area contributed by atoms with Crippen molar-refractivity contribution in [1.82, 2.24) is 0 Å². The van der Waals surface area contributed by atoms with Crippen LogP contribution in [0.2, 0.25) is 0 Å². The van der Waals surface area contributed by atoms with Crippen LogP contribution in [0.5, 0.6) is 5.75 Å². The molecule has 2 aliphatic heterocycles. The highest BCUT2D eigenvalue weighted by Crippen LogP contribution is 2.37. The van der Waals surface area contributed by atoms with Crippen LogP contribution in [0.15, 0.2) is 41.3 Å². The Hall–Kier alpha value is -3.35. The van der Waals surface area contributed by atoms with Crippen molar-refractivity contribution >= 4 is 27.5 Å². The van der Waals surface area contributed by atoms with Crippen molar-refractivity contribution in [2.45, 2.75) is 43.5 Å². The molecule has 2 aromatic rings. The molecule has 0 bridgehead atoms. The standard InChI is InChI=1S/C27H29NO7S/c1-4-22-7-5-21-15-20(18(2)29)6-9-25(21)28(22)36(31,32)23-8-10-26(24(16-23)27(30)33-3)35-17-19-11-13-34-14-12-19/h1,6,8-10,15-16,19,22H,5,7,11-14,17H2,2-3H3/t22-/m0/s1. The maximum atomic E-state index is 13.9. The number of nitrogens with zero attached hydrogens (tertiary/aromatic N) is 1. The number of rotatable bonds is 7. The average molecular weight is 512 g/mol. The van der Waals surface area contributed by atoms with Crippen molar-refractivity contribution in [3.63, 3.8) is 0 Å². The molecule has 1 saturated heterocycles. The summed E-state index contributed by atoms with van der Waals surface area (Å²) in [5, 5.41) is 0. The normalized spacial score (nSPS) is 18.1. The molecule has 2 aromatic carbocycles. The largest absolute Gasteiger partial charge is 0.492 e. The lowest BCUT2D eigenvalue weighted by Gasteiger charge is -2.35. The summed E-state index contributed by atoms with van der Waals surface area (Å²) in [5.41, 5.74) is 1.67. The van der Waals surface area contributed by atoms with Crippen LogP contribution in [0, 0.1) is 18.3 Å². The highest BCUT2D eigenvalue weighted by atomic mass is 32.2. The second kappa shape index (κ2) is 10.7. The number of hydrogen-bond acceptors (Lipinski definition) is 7. The van der Waals surface area contributed by atoms with Crippen molar-refractivity contribution in [2.75, 3.05) is 31.2 Å². The summed E-state index contributed by atoms with van der Waals surface area (Å²) in [4.78, 5) is 24.3. The zero-order valence-electron chi connectivity index (χ0n) is 20.4. The Bertz CT molecular complexity index is 1310. The number of sulfonamides is 1. The molecule has 190 valence electrons. The molecule has 0 N–H and O–H groups in total. The van der Waals surface area contributed by atoms with Crippen LogP contribution in [0.1, 0.15) is 52.5 Å². The number of methoxy groups -OCH3 is 1. The quantitative estimate of drug-likeness (QED) is 0.318. The van der Waals surface area contributed by atoms with Crippen molar-refractivity contribution < 1.29 is 32.2 Å². The van der Waals surface area contributed by atoms with E-state index in [0.717, 1.165) is 18.4 Å². The minimum absolute atomic E-state index is 0.0204. The molecule has 0 radical (unpaired) electrons. The molecule has 9 heteroatoms. The summed E-state index contributed by atoms with van der Waals surface area (Å²) in [6.07, 6.45) is 8.38. The van der Waals surface area contributed by atoms with Crippen LogP contribution in [0.3, 0.4) is 0 Å². The fourth-order valence-corrected chi connectivity index (χ4v) is 6.22. The van der Waals surface area contributed by atoms with Gasteiger partial charge in [-0.2, -0.15) is 0 Å². The highest BCUT2D eigenvalue weighted by Gasteiger charge is 2.36. The number of carbonyl (C=O) groups is 2. The monoisotopic (exact) mass is 511 g/mol. The number of anilines is 1. The zero-order chi connectivity index (χ0) is 25.9. The molecule has 2 aliphatic rings. The van der Waals surface area contributed by atoms with Crippen LogP contribution in [-0.2, 0) is 25.9 Å². The van der Waals surface area contributed by atoms with Crippen molar-refractivity contribution in [1.29, 1.82) is 0 Å². The third-order valence-electron chi connectivity index (χ3n) is 6.61. The Morgan fingerprint density at radius 1 is 1.14 bits per heavy atom. The Morgan fingerprint density at radius 2 is 1.89 bits per heavy atom. The second-order valence-corrected chi connectivity index (χ2v) is 10.8. The lowest BCUT2D eigenvalue weighted by Crippen LogP contribution is -2.43. The first-order valence-corrected chi connectivity index (χ1v) is 13.3. The topological polar surface area (TPSA) is 99.2 Å². The van der Waals surface area contributed by atoms with Gasteiger partial charge in [-0.25, -0.2) is 13.2 Å². The minimum Gasteiger partial charge on any atom is -0.492 e. The maximum Gasteiger partial charge on any atom is 0.341 e. The van der Waals surface area contributed by atoms with Crippen molar-refractivity contribution in [3.05, 3.63) is 53.1 Å². The Kier molecular flexibility index (Phi) is 7.67. The van der Waals surface area contributed by atoms with Gasteiger partial charge in [0, 0.05) is 18.8 Å². The first kappa shape index (κ1) is 25.7. The summed E-state index contributed by atoms with van der Waals surface area (Å²) < 4.78 is 45.1. The zero-order valence-corrected chi connectivity index (χ0v) is 21.2. The van der Waals surface area contributed by atoms with E-state index < -0.39 is 22.0 Å². The molecule has 1 fully saturated rings. The highest BCUT2D eigenvalue weighted by molar-refractivity contribution is 7.92. The van der Waals surface area contributed by atoms with Gasteiger partial charge in [-0.05, 0) is 80.5 Å². The van der Waals surface area contributed by atoms with Crippen LogP contribution in [-0.4, -0.2) is 53.1 Å². The number of ketones is 1. The number of fused-ring (bicyclic) bond motifs is 1. The van der Waals surface area contributed by atoms with E-state index in [-0.39, 0.29) is 27.9 Å². The molecule has 1 atom stereocenters. The van der Waals surface area contributed by atoms with Crippen LogP contribution in [0.25, 0.3) is 0 Å². The van der Waals surface area contributed by atoms with E-state index in [0.29, 0.717) is 43.9 Å². The molecule has 0 spiro atoms. The molecular weight excluding hydrogens is 482 g/mol. The number of carbonyl (C=O) groups excluding carboxylic acids is 2. The number of benzene rings is 2. The van der Waals surface area contributed by atoms with Gasteiger partial charge in [-0.1, -0.05) is 5.92 Å². The second-order valence-electron chi connectivity index (χ2n) is 8.94. The lowest BCUT2D eigenvalue weighted by atomic mass is 9.96. The van der Waals surface area contributed by atoms with E-state index in [9.17, 15) is 18.0 Å². The molecule has 0 aliphatic carbocycles. The van der Waals surface area contributed by atoms with Gasteiger partial charge in [0.25, 0.3) is 10.0 Å². The first-order chi connectivity index (χ1) is 17.3. The van der Waals surface area contributed by atoms with Crippen molar-refractivity contribution in [2.24, 2.45) is 5.92 Å². The Labute approximate surface area is 211 Å². The maximum absolute atomic E-state index is 13.9. The third-order valence-corrected chi connectivity index (χ3v) is 8.43. The van der Waals surface area contributed by atoms with Gasteiger partial charge in [0.15, 0.2) is 5.78 Å². The Balaban J connectivity index is 1.71. The third kappa shape index (κ3) is 5.11. The lowest BCUT2D eigenvalue weighted by molar-refractivity contribution is 0.0483. The molecule has 0 unspecified atom stereocenters. The predicted octanol–water partition coefficient (Wildman–Crippen LogP) is 3.62. The summed E-state index contributed by atoms with van der Waals surface area (Å²) in [6.45, 7) is 3.17. The summed E-state index contributed by atoms with van der Waals surface area (Å²) in [5.74, 6) is 2.31. The predicted molar refractivity (Wildman–Crippen MR) is 134 cm³/mol. The van der Waals surface area contributed by atoms with Gasteiger partial charge in [-0.3, -0.25) is 9.10 Å². The average Bonchev–Trinajstić information content (AvgIpc) is 2.90. The molecule has 0 saturated carbocycles. The Morgan fingerprint density at radius 3 is 2.56 bits per heavy atom. The van der Waals surface area contributed by atoms with Gasteiger partial charge in [-0.15, -0.1) is 6.42 Å². The van der Waals surface area contributed by atoms with Crippen LogP contribution >= 0.6 is 0 Å². The van der Waals surface area contributed by atoms with E-state index in [1.807, 2.05) is 0 Å². The SMILES string of the molecule is C#C[C@H]1CCc2cc(C(C)=O)ccc2N1S(=O)(=O)c1ccc(OCC2CCOCC2)c(C(=O)OC)c1. The van der Waals surface area contributed by atoms with Gasteiger partial charge in [0.1, 0.15) is 17.4 Å². The molecule has 36 heavy (non-hydrogen) atoms. The van der Waals surface area contributed by atoms with Gasteiger partial charge >= 0.3 is 5.97 Å². The number of terminal acetylenes is 1. The molecule has 0 aromatic heterocycles. The number of hydrogen-bond donors (Lipinski definition) is 0. The van der Waals surface area contributed by atoms with E-state index >= 15 is 0 Å². The first-order valence-electron chi connectivity index (χ1n) is 11.8. The number of esters is 1. The summed E-state index contributed by atoms with van der Waals surface area (Å²) in [6, 6.07) is 8.36. The molecule has 4 rings (SSSR count). The molecule has 0 amide bonds. The van der Waals surface area contributed by atoms with Gasteiger partial charge in [0.2, 0.25) is 0 Å². The van der Waals surface area contributed by atoms with Gasteiger partial charge < -0.3 is 14.2 Å². The van der Waals surface area contributed by atoms with Crippen LogP contribution in [0.4, 0.5) is 5.69 Å². The van der Waals surface area contributed by atoms with E-state index in [4.69, 9.17) is 20.6 Å². The number of ether oxygens (including phenoxy) is 3. The van der Waals surface area contributed by atoms with E-state index in [2.05, 4.69) is 5.92 Å². The summed E-state index contributed by atoms with van der Waals surface area (Å²) in [7, 11) is -2.93.